The van der Waals surface area contributed by atoms with Crippen LogP contribution in [0.5, 0.6) is 0 Å². The van der Waals surface area contributed by atoms with E-state index in [0.717, 1.165) is 35.1 Å². The predicted molar refractivity (Wildman–Crippen MR) is 101 cm³/mol. The highest BCUT2D eigenvalue weighted by molar-refractivity contribution is 6.21. The van der Waals surface area contributed by atoms with Gasteiger partial charge in [0.05, 0.1) is 0 Å². The van der Waals surface area contributed by atoms with Crippen LogP contribution < -0.4 is 0 Å². The minimum absolute atomic E-state index is 0.211. The molecule has 0 heterocycles. The Balaban J connectivity index is 1.74. The molecule has 0 fully saturated rings. The molecule has 1 aliphatic rings. The number of carbonyl (C=O) groups excluding carboxylic acids is 1. The van der Waals surface area contributed by atoms with Gasteiger partial charge in [-0.2, -0.15) is 0 Å². The van der Waals surface area contributed by atoms with Crippen molar-refractivity contribution < 1.29 is 4.79 Å². The molecule has 0 radical (unpaired) electrons. The molecular formula is C23H22O. The number of Topliss-reactive ketones (excluding diaryl/α,β-unsaturated/α-hetero) is 1. The maximum absolute atomic E-state index is 12.7. The first kappa shape index (κ1) is 16.2. The molecule has 0 atom stereocenters. The Kier molecular flexibility index (Phi) is 4.93. The average molecular weight is 314 g/mol. The number of aryl methyl sites for hydroxylation is 2. The monoisotopic (exact) mass is 314 g/mol. The van der Waals surface area contributed by atoms with Gasteiger partial charge in [-0.05, 0) is 42.9 Å². The summed E-state index contributed by atoms with van der Waals surface area (Å²) in [4.78, 5) is 12.7. The maximum Gasteiger partial charge on any atom is 0.163 e. The van der Waals surface area contributed by atoms with Crippen molar-refractivity contribution in [3.63, 3.8) is 0 Å². The van der Waals surface area contributed by atoms with Crippen molar-refractivity contribution in [2.24, 2.45) is 0 Å². The molecule has 1 heteroatoms. The average Bonchev–Trinajstić information content (AvgIpc) is 2.61. The van der Waals surface area contributed by atoms with Gasteiger partial charge in [0.1, 0.15) is 0 Å². The molecule has 2 aromatic carbocycles. The molecule has 2 aromatic rings. The molecule has 24 heavy (non-hydrogen) atoms. The van der Waals surface area contributed by atoms with Gasteiger partial charge >= 0.3 is 0 Å². The summed E-state index contributed by atoms with van der Waals surface area (Å²) in [5.41, 5.74) is 9.60. The Bertz CT molecular complexity index is 848. The number of ketones is 1. The van der Waals surface area contributed by atoms with Gasteiger partial charge in [-0.1, -0.05) is 66.7 Å². The molecule has 3 rings (SSSR count). The summed E-state index contributed by atoms with van der Waals surface area (Å²) in [6.45, 7) is 5.87. The lowest BCUT2D eigenvalue weighted by Crippen LogP contribution is -2.08. The number of hydrogen-bond donors (Lipinski definition) is 0. The summed E-state index contributed by atoms with van der Waals surface area (Å²) < 4.78 is 0. The van der Waals surface area contributed by atoms with E-state index in [4.69, 9.17) is 0 Å². The number of fused-ring (bicyclic) bond motifs is 1. The number of rotatable bonds is 5. The van der Waals surface area contributed by atoms with E-state index in [1.165, 1.54) is 11.1 Å². The highest BCUT2D eigenvalue weighted by Crippen LogP contribution is 2.29. The Hall–Kier alpha value is -2.63. The molecular weight excluding hydrogens is 292 g/mol. The van der Waals surface area contributed by atoms with E-state index in [1.807, 2.05) is 18.2 Å². The Morgan fingerprint density at radius 3 is 2.75 bits per heavy atom. The molecule has 0 bridgehead atoms. The van der Waals surface area contributed by atoms with Crippen LogP contribution in [0.1, 0.15) is 41.5 Å². The fourth-order valence-corrected chi connectivity index (χ4v) is 3.29. The Labute approximate surface area is 144 Å². The van der Waals surface area contributed by atoms with Crippen molar-refractivity contribution in [2.75, 3.05) is 0 Å². The zero-order valence-corrected chi connectivity index (χ0v) is 14.1. The largest absolute Gasteiger partial charge is 0.294 e. The molecule has 0 amide bonds. The van der Waals surface area contributed by atoms with Crippen molar-refractivity contribution >= 4 is 16.9 Å². The third-order valence-electron chi connectivity index (χ3n) is 4.55. The summed E-state index contributed by atoms with van der Waals surface area (Å²) in [5, 5.41) is 0. The highest BCUT2D eigenvalue weighted by atomic mass is 16.1. The van der Waals surface area contributed by atoms with Crippen molar-refractivity contribution in [1.29, 1.82) is 0 Å². The van der Waals surface area contributed by atoms with Crippen LogP contribution in [0, 0.1) is 6.92 Å². The Morgan fingerprint density at radius 2 is 1.96 bits per heavy atom. The van der Waals surface area contributed by atoms with Crippen LogP contribution in [0.25, 0.3) is 11.1 Å². The third-order valence-corrected chi connectivity index (χ3v) is 4.55. The molecule has 120 valence electrons. The number of carbonyl (C=O) groups is 1. The second kappa shape index (κ2) is 7.29. The van der Waals surface area contributed by atoms with E-state index in [0.29, 0.717) is 12.8 Å². The van der Waals surface area contributed by atoms with Crippen LogP contribution >= 0.6 is 0 Å². The molecule has 0 spiro atoms. The molecule has 0 N–H and O–H groups in total. The topological polar surface area (TPSA) is 17.1 Å². The van der Waals surface area contributed by atoms with Gasteiger partial charge in [0.2, 0.25) is 0 Å². The molecule has 0 saturated carbocycles. The lowest BCUT2D eigenvalue weighted by molar-refractivity contribution is -0.113. The zero-order valence-electron chi connectivity index (χ0n) is 14.1. The first-order valence-electron chi connectivity index (χ1n) is 8.46. The summed E-state index contributed by atoms with van der Waals surface area (Å²) in [7, 11) is 0. The van der Waals surface area contributed by atoms with E-state index < -0.39 is 0 Å². The summed E-state index contributed by atoms with van der Waals surface area (Å²) in [6, 6.07) is 16.5. The number of benzene rings is 2. The Morgan fingerprint density at radius 1 is 1.12 bits per heavy atom. The van der Waals surface area contributed by atoms with Crippen LogP contribution in [0.3, 0.4) is 0 Å². The standard InChI is InChI=1S/C23H22O/c1-3-18(20-11-6-8-17(2)16-20)14-15-23(24)22-13-7-10-19-9-4-5-12-21(19)22/h4-6,8-9,11-13,16H,1,7,10,14-15H2,2H3. The van der Waals surface area contributed by atoms with E-state index in [2.05, 4.69) is 55.6 Å². The van der Waals surface area contributed by atoms with Crippen LogP contribution in [-0.4, -0.2) is 5.78 Å². The smallest absolute Gasteiger partial charge is 0.163 e. The van der Waals surface area contributed by atoms with Crippen LogP contribution in [0.15, 0.2) is 66.9 Å². The number of hydrogen-bond acceptors (Lipinski definition) is 1. The molecule has 0 unspecified atom stereocenters. The van der Waals surface area contributed by atoms with Gasteiger partial charge < -0.3 is 0 Å². The van der Waals surface area contributed by atoms with E-state index in [9.17, 15) is 4.79 Å². The second-order valence-electron chi connectivity index (χ2n) is 6.26. The van der Waals surface area contributed by atoms with Crippen molar-refractivity contribution in [2.45, 2.75) is 32.6 Å². The van der Waals surface area contributed by atoms with Crippen molar-refractivity contribution in [3.05, 3.63) is 89.2 Å². The molecule has 0 aliphatic heterocycles. The van der Waals surface area contributed by atoms with E-state index in [1.54, 1.807) is 0 Å². The first-order chi connectivity index (χ1) is 11.7. The fourth-order valence-electron chi connectivity index (χ4n) is 3.29. The minimum atomic E-state index is 0.211. The van der Waals surface area contributed by atoms with Gasteiger partial charge in [0, 0.05) is 17.6 Å². The summed E-state index contributed by atoms with van der Waals surface area (Å²) in [5.74, 6) is 0.211. The molecule has 0 saturated heterocycles. The first-order valence-corrected chi connectivity index (χ1v) is 8.46. The van der Waals surface area contributed by atoms with Crippen molar-refractivity contribution in [3.8, 4) is 0 Å². The summed E-state index contributed by atoms with van der Waals surface area (Å²) >= 11 is 0. The lowest BCUT2D eigenvalue weighted by atomic mass is 9.87. The van der Waals surface area contributed by atoms with Crippen LogP contribution in [0.4, 0.5) is 0 Å². The van der Waals surface area contributed by atoms with Crippen LogP contribution in [0.2, 0.25) is 0 Å². The predicted octanol–water partition coefficient (Wildman–Crippen LogP) is 5.54. The van der Waals surface area contributed by atoms with E-state index in [-0.39, 0.29) is 5.78 Å². The normalized spacial score (nSPS) is 12.8. The number of allylic oxidation sites excluding steroid dienone is 3. The van der Waals surface area contributed by atoms with Gasteiger partial charge in [0.15, 0.2) is 5.78 Å². The van der Waals surface area contributed by atoms with Gasteiger partial charge in [0.25, 0.3) is 0 Å². The molecule has 1 aliphatic carbocycles. The van der Waals surface area contributed by atoms with Gasteiger partial charge in [-0.15, -0.1) is 5.73 Å². The second-order valence-corrected chi connectivity index (χ2v) is 6.26. The van der Waals surface area contributed by atoms with Crippen LogP contribution in [-0.2, 0) is 11.2 Å². The quantitative estimate of drug-likeness (QED) is 0.662. The third kappa shape index (κ3) is 3.48. The lowest BCUT2D eigenvalue weighted by Gasteiger charge is -2.17. The fraction of sp³-hybridized carbons (Fsp3) is 0.217. The van der Waals surface area contributed by atoms with Crippen molar-refractivity contribution in [1.82, 2.24) is 0 Å². The zero-order chi connectivity index (χ0) is 16.9. The summed E-state index contributed by atoms with van der Waals surface area (Å²) in [6.07, 6.45) is 5.22. The maximum atomic E-state index is 12.7. The van der Waals surface area contributed by atoms with Gasteiger partial charge in [-0.3, -0.25) is 4.79 Å². The van der Waals surface area contributed by atoms with E-state index >= 15 is 0 Å². The minimum Gasteiger partial charge on any atom is -0.294 e. The SMILES string of the molecule is C=C=C(CCC(=O)C1=CCCc2ccccc21)c1cccc(C)c1. The van der Waals surface area contributed by atoms with Gasteiger partial charge in [-0.25, -0.2) is 0 Å². The molecule has 1 nitrogen and oxygen atoms in total. The molecule has 0 aromatic heterocycles. The highest BCUT2D eigenvalue weighted by Gasteiger charge is 2.18.